The summed E-state index contributed by atoms with van der Waals surface area (Å²) in [6, 6.07) is 10.6. The minimum absolute atomic E-state index is 0.0222. The lowest BCUT2D eigenvalue weighted by Crippen LogP contribution is -2.41. The summed E-state index contributed by atoms with van der Waals surface area (Å²) in [6.45, 7) is 1.64. The van der Waals surface area contributed by atoms with E-state index in [9.17, 15) is 14.4 Å². The number of furan rings is 1. The Kier molecular flexibility index (Phi) is 4.46. The van der Waals surface area contributed by atoms with Gasteiger partial charge in [-0.25, -0.2) is 9.80 Å². The second-order valence-electron chi connectivity index (χ2n) is 7.00. The van der Waals surface area contributed by atoms with E-state index in [0.29, 0.717) is 12.2 Å². The Balaban J connectivity index is 1.61. The van der Waals surface area contributed by atoms with Crippen molar-refractivity contribution in [2.24, 2.45) is 5.10 Å². The molecule has 8 heteroatoms. The summed E-state index contributed by atoms with van der Waals surface area (Å²) in [6.07, 6.45) is 2.04. The van der Waals surface area contributed by atoms with Crippen LogP contribution in [0, 0.1) is 6.92 Å². The van der Waals surface area contributed by atoms with Crippen molar-refractivity contribution in [3.63, 3.8) is 0 Å². The van der Waals surface area contributed by atoms with E-state index < -0.39 is 23.9 Å². The highest BCUT2D eigenvalue weighted by Gasteiger charge is 2.40. The van der Waals surface area contributed by atoms with Gasteiger partial charge in [0.05, 0.1) is 12.0 Å². The monoisotopic (exact) mass is 380 g/mol. The maximum Gasteiger partial charge on any atom is 0.327 e. The molecule has 0 bridgehead atoms. The zero-order chi connectivity index (χ0) is 19.8. The Hall–Kier alpha value is -3.42. The molecule has 144 valence electrons. The lowest BCUT2D eigenvalue weighted by molar-refractivity contribution is -0.138. The number of hydrogen-bond donors (Lipinski definition) is 0. The van der Waals surface area contributed by atoms with Crippen LogP contribution in [0.1, 0.15) is 29.3 Å². The Labute approximate surface area is 162 Å². The third-order valence-electron chi connectivity index (χ3n) is 4.95. The van der Waals surface area contributed by atoms with Crippen LogP contribution in [0.5, 0.6) is 0 Å². The summed E-state index contributed by atoms with van der Waals surface area (Å²) >= 11 is 0. The molecule has 1 aromatic heterocycles. The van der Waals surface area contributed by atoms with Gasteiger partial charge in [-0.3, -0.25) is 14.5 Å². The molecule has 0 saturated carbocycles. The third-order valence-corrected chi connectivity index (χ3v) is 4.95. The molecule has 0 aliphatic carbocycles. The van der Waals surface area contributed by atoms with Gasteiger partial charge in [0.15, 0.2) is 0 Å². The minimum atomic E-state index is -0.477. The first-order valence-corrected chi connectivity index (χ1v) is 8.99. The van der Waals surface area contributed by atoms with Gasteiger partial charge in [-0.1, -0.05) is 29.8 Å². The fraction of sp³-hybridized carbons (Fsp3) is 0.300. The average molecular weight is 380 g/mol. The summed E-state index contributed by atoms with van der Waals surface area (Å²) in [7, 11) is 1.53. The van der Waals surface area contributed by atoms with Crippen LogP contribution in [-0.4, -0.2) is 58.5 Å². The van der Waals surface area contributed by atoms with Crippen LogP contribution in [0.3, 0.4) is 0 Å². The fourth-order valence-corrected chi connectivity index (χ4v) is 3.40. The zero-order valence-electron chi connectivity index (χ0n) is 15.7. The maximum absolute atomic E-state index is 12.9. The molecule has 4 rings (SSSR count). The molecule has 2 aliphatic heterocycles. The number of likely N-dealkylation sites (N-methyl/N-ethyl adjacent to an activating group) is 1. The number of urea groups is 1. The number of imide groups is 1. The molecule has 4 amide bonds. The van der Waals surface area contributed by atoms with Gasteiger partial charge in [0.25, 0.3) is 11.8 Å². The van der Waals surface area contributed by atoms with E-state index >= 15 is 0 Å². The summed E-state index contributed by atoms with van der Waals surface area (Å²) in [5, 5.41) is 5.84. The lowest BCUT2D eigenvalue weighted by Gasteiger charge is -2.22. The molecule has 1 fully saturated rings. The number of hydrogen-bond acceptors (Lipinski definition) is 5. The third kappa shape index (κ3) is 3.17. The van der Waals surface area contributed by atoms with Crippen LogP contribution in [0.25, 0.3) is 0 Å². The Bertz CT molecular complexity index is 949. The number of benzene rings is 1. The second-order valence-corrected chi connectivity index (χ2v) is 7.00. The number of aryl methyl sites for hydroxylation is 1. The number of amides is 4. The molecular formula is C20H20N4O4. The van der Waals surface area contributed by atoms with E-state index in [2.05, 4.69) is 5.10 Å². The van der Waals surface area contributed by atoms with Crippen molar-refractivity contribution in [2.45, 2.75) is 19.4 Å². The Morgan fingerprint density at radius 2 is 1.96 bits per heavy atom. The highest BCUT2D eigenvalue weighted by Crippen LogP contribution is 2.33. The number of nitrogens with zero attached hydrogens (tertiary/aromatic N) is 4. The van der Waals surface area contributed by atoms with Gasteiger partial charge in [-0.05, 0) is 24.6 Å². The summed E-state index contributed by atoms with van der Waals surface area (Å²) in [5.41, 5.74) is 2.81. The summed E-state index contributed by atoms with van der Waals surface area (Å²) in [4.78, 5) is 39.3. The van der Waals surface area contributed by atoms with Crippen molar-refractivity contribution < 1.29 is 18.8 Å². The first kappa shape index (κ1) is 18.0. The van der Waals surface area contributed by atoms with E-state index in [-0.39, 0.29) is 13.1 Å². The number of hydrazone groups is 1. The second kappa shape index (κ2) is 6.95. The zero-order valence-corrected chi connectivity index (χ0v) is 15.7. The maximum atomic E-state index is 12.9. The molecule has 2 aromatic rings. The van der Waals surface area contributed by atoms with Gasteiger partial charge in [0, 0.05) is 13.5 Å². The van der Waals surface area contributed by atoms with Gasteiger partial charge in [-0.15, -0.1) is 0 Å². The lowest BCUT2D eigenvalue weighted by atomic mass is 10.0. The molecule has 8 nitrogen and oxygen atoms in total. The molecule has 0 unspecified atom stereocenters. The van der Waals surface area contributed by atoms with Crippen LogP contribution in [0.2, 0.25) is 0 Å². The van der Waals surface area contributed by atoms with Crippen molar-refractivity contribution in [3.8, 4) is 0 Å². The number of carbonyl (C=O) groups is 3. The molecular weight excluding hydrogens is 360 g/mol. The molecule has 1 atom stereocenters. The Morgan fingerprint density at radius 1 is 1.21 bits per heavy atom. The standard InChI is InChI=1S/C20H20N4O4/c1-13-5-7-14(8-6-13)15-10-16(17-4-3-9-28-17)24(21-15)19(26)12-23-18(25)11-22(2)20(23)27/h3-9,16H,10-12H2,1-2H3/t16-/m1/s1. The first-order chi connectivity index (χ1) is 13.4. The molecule has 28 heavy (non-hydrogen) atoms. The van der Waals surface area contributed by atoms with Gasteiger partial charge in [-0.2, -0.15) is 5.10 Å². The summed E-state index contributed by atoms with van der Waals surface area (Å²) < 4.78 is 5.51. The van der Waals surface area contributed by atoms with E-state index in [1.54, 1.807) is 18.4 Å². The molecule has 0 spiro atoms. The first-order valence-electron chi connectivity index (χ1n) is 8.99. The van der Waals surface area contributed by atoms with Gasteiger partial charge in [0.2, 0.25) is 0 Å². The molecule has 1 saturated heterocycles. The Morgan fingerprint density at radius 3 is 2.57 bits per heavy atom. The fourth-order valence-electron chi connectivity index (χ4n) is 3.40. The molecule has 0 radical (unpaired) electrons. The SMILES string of the molecule is Cc1ccc(C2=NN(C(=O)CN3C(=O)CN(C)C3=O)[C@@H](c3ccco3)C2)cc1. The minimum Gasteiger partial charge on any atom is -0.467 e. The van der Waals surface area contributed by atoms with E-state index in [1.165, 1.54) is 17.0 Å². The molecule has 3 heterocycles. The van der Waals surface area contributed by atoms with Crippen LogP contribution < -0.4 is 0 Å². The normalized spacial score (nSPS) is 19.6. The van der Waals surface area contributed by atoms with Crippen LogP contribution in [0.4, 0.5) is 4.79 Å². The molecule has 1 aromatic carbocycles. The highest BCUT2D eigenvalue weighted by molar-refractivity contribution is 6.06. The van der Waals surface area contributed by atoms with Gasteiger partial charge < -0.3 is 9.32 Å². The van der Waals surface area contributed by atoms with Crippen molar-refractivity contribution in [1.82, 2.24) is 14.8 Å². The number of rotatable bonds is 4. The van der Waals surface area contributed by atoms with Gasteiger partial charge >= 0.3 is 6.03 Å². The largest absolute Gasteiger partial charge is 0.467 e. The van der Waals surface area contributed by atoms with E-state index in [1.807, 2.05) is 31.2 Å². The summed E-state index contributed by atoms with van der Waals surface area (Å²) in [5.74, 6) is -0.215. The van der Waals surface area contributed by atoms with E-state index in [0.717, 1.165) is 21.7 Å². The molecule has 2 aliphatic rings. The molecule has 0 N–H and O–H groups in total. The number of carbonyl (C=O) groups excluding carboxylic acids is 3. The quantitative estimate of drug-likeness (QED) is 0.761. The smallest absolute Gasteiger partial charge is 0.327 e. The van der Waals surface area contributed by atoms with Crippen LogP contribution >= 0.6 is 0 Å². The van der Waals surface area contributed by atoms with Crippen molar-refractivity contribution in [3.05, 3.63) is 59.5 Å². The van der Waals surface area contributed by atoms with Crippen LogP contribution in [0.15, 0.2) is 52.2 Å². The van der Waals surface area contributed by atoms with Crippen molar-refractivity contribution in [2.75, 3.05) is 20.1 Å². The predicted molar refractivity (Wildman–Crippen MR) is 100 cm³/mol. The predicted octanol–water partition coefficient (Wildman–Crippen LogP) is 2.16. The topological polar surface area (TPSA) is 86.4 Å². The average Bonchev–Trinajstić information content (AvgIpc) is 3.39. The van der Waals surface area contributed by atoms with Gasteiger partial charge in [0.1, 0.15) is 24.9 Å². The van der Waals surface area contributed by atoms with Crippen LogP contribution in [-0.2, 0) is 9.59 Å². The highest BCUT2D eigenvalue weighted by atomic mass is 16.3. The van der Waals surface area contributed by atoms with Crippen molar-refractivity contribution >= 4 is 23.6 Å². The van der Waals surface area contributed by atoms with Crippen molar-refractivity contribution in [1.29, 1.82) is 0 Å². The van der Waals surface area contributed by atoms with E-state index in [4.69, 9.17) is 4.42 Å².